The molecular formula is C13H15N3O2S. The first-order chi connectivity index (χ1) is 8.93. The predicted molar refractivity (Wildman–Crippen MR) is 75.4 cm³/mol. The van der Waals surface area contributed by atoms with E-state index in [0.29, 0.717) is 5.69 Å². The lowest BCUT2D eigenvalue weighted by molar-refractivity contribution is 0.594. The van der Waals surface area contributed by atoms with Crippen LogP contribution in [0.5, 0.6) is 0 Å². The van der Waals surface area contributed by atoms with E-state index in [0.717, 1.165) is 5.56 Å². The molecule has 2 aromatic rings. The van der Waals surface area contributed by atoms with Crippen LogP contribution in [0.3, 0.4) is 0 Å². The second kappa shape index (κ2) is 4.89. The van der Waals surface area contributed by atoms with E-state index in [4.69, 9.17) is 5.73 Å². The van der Waals surface area contributed by atoms with Gasteiger partial charge in [0.25, 0.3) is 10.0 Å². The van der Waals surface area contributed by atoms with Gasteiger partial charge < -0.3 is 5.73 Å². The summed E-state index contributed by atoms with van der Waals surface area (Å²) in [4.78, 5) is 3.83. The van der Waals surface area contributed by atoms with Crippen LogP contribution in [-0.2, 0) is 10.0 Å². The summed E-state index contributed by atoms with van der Waals surface area (Å²) in [5.74, 6) is 0. The highest BCUT2D eigenvalue weighted by Crippen LogP contribution is 2.25. The largest absolute Gasteiger partial charge is 0.398 e. The van der Waals surface area contributed by atoms with E-state index in [9.17, 15) is 8.42 Å². The summed E-state index contributed by atoms with van der Waals surface area (Å²) in [5.41, 5.74) is 7.47. The Morgan fingerprint density at radius 3 is 2.63 bits per heavy atom. The van der Waals surface area contributed by atoms with Crippen molar-refractivity contribution in [3.63, 3.8) is 0 Å². The number of aromatic nitrogens is 1. The van der Waals surface area contributed by atoms with Gasteiger partial charge in [-0.05, 0) is 30.7 Å². The fraction of sp³-hybridized carbons (Fsp3) is 0.154. The third-order valence-corrected chi connectivity index (χ3v) is 4.65. The molecule has 2 rings (SSSR count). The molecular weight excluding hydrogens is 262 g/mol. The first-order valence-corrected chi connectivity index (χ1v) is 7.12. The van der Waals surface area contributed by atoms with E-state index in [1.807, 2.05) is 19.1 Å². The van der Waals surface area contributed by atoms with Gasteiger partial charge in [-0.2, -0.15) is 0 Å². The molecule has 1 aromatic heterocycles. The monoisotopic (exact) mass is 277 g/mol. The van der Waals surface area contributed by atoms with Crippen molar-refractivity contribution in [2.75, 3.05) is 17.1 Å². The predicted octanol–water partition coefficient (Wildman–Crippen LogP) is 1.80. The van der Waals surface area contributed by atoms with Gasteiger partial charge in [0.2, 0.25) is 0 Å². The Bertz CT molecular complexity index is 699. The van der Waals surface area contributed by atoms with E-state index in [1.54, 1.807) is 12.1 Å². The Labute approximate surface area is 112 Å². The number of rotatable bonds is 3. The zero-order chi connectivity index (χ0) is 14.0. The van der Waals surface area contributed by atoms with Crippen molar-refractivity contribution in [3.05, 3.63) is 48.3 Å². The maximum Gasteiger partial charge on any atom is 0.267 e. The molecule has 0 saturated heterocycles. The molecule has 0 saturated carbocycles. The summed E-state index contributed by atoms with van der Waals surface area (Å²) in [5, 5.41) is 0. The minimum atomic E-state index is -3.69. The van der Waals surface area contributed by atoms with Crippen LogP contribution in [0.2, 0.25) is 0 Å². The molecule has 5 nitrogen and oxygen atoms in total. The van der Waals surface area contributed by atoms with E-state index >= 15 is 0 Å². The topological polar surface area (TPSA) is 76.3 Å². The van der Waals surface area contributed by atoms with Crippen LogP contribution in [-0.4, -0.2) is 20.4 Å². The molecule has 0 bridgehead atoms. The standard InChI is InChI=1S/C13H15N3O2S/c1-10-4-3-5-11(8-10)16(2)19(17,18)13-9-15-7-6-12(13)14/h3-9H,1-2H3,(H2,14,15). The lowest BCUT2D eigenvalue weighted by Crippen LogP contribution is -2.27. The van der Waals surface area contributed by atoms with Crippen molar-refractivity contribution in [2.24, 2.45) is 0 Å². The first-order valence-electron chi connectivity index (χ1n) is 5.68. The summed E-state index contributed by atoms with van der Waals surface area (Å²) in [6.45, 7) is 1.91. The number of nitrogens with zero attached hydrogens (tertiary/aromatic N) is 2. The Morgan fingerprint density at radius 1 is 1.26 bits per heavy atom. The SMILES string of the molecule is Cc1cccc(N(C)S(=O)(=O)c2cnccc2N)c1. The maximum absolute atomic E-state index is 12.5. The van der Waals surface area contributed by atoms with Crippen LogP contribution in [0.1, 0.15) is 5.56 Å². The Kier molecular flexibility index (Phi) is 3.44. The molecule has 0 atom stereocenters. The van der Waals surface area contributed by atoms with Gasteiger partial charge in [0.05, 0.1) is 11.4 Å². The number of nitrogens with two attached hydrogens (primary N) is 1. The van der Waals surface area contributed by atoms with Crippen molar-refractivity contribution in [3.8, 4) is 0 Å². The van der Waals surface area contributed by atoms with Crippen molar-refractivity contribution in [2.45, 2.75) is 11.8 Å². The van der Waals surface area contributed by atoms with Crippen molar-refractivity contribution < 1.29 is 8.42 Å². The zero-order valence-electron chi connectivity index (χ0n) is 10.7. The first kappa shape index (κ1) is 13.4. The average molecular weight is 277 g/mol. The number of hydrogen-bond donors (Lipinski definition) is 1. The third-order valence-electron chi connectivity index (χ3n) is 2.82. The molecule has 0 aliphatic carbocycles. The number of anilines is 2. The van der Waals surface area contributed by atoms with Gasteiger partial charge in [-0.1, -0.05) is 12.1 Å². The minimum absolute atomic E-state index is 0.0130. The summed E-state index contributed by atoms with van der Waals surface area (Å²) in [6.07, 6.45) is 2.72. The van der Waals surface area contributed by atoms with Crippen LogP contribution in [0.15, 0.2) is 47.6 Å². The van der Waals surface area contributed by atoms with E-state index in [1.165, 1.54) is 29.8 Å². The Morgan fingerprint density at radius 2 is 2.00 bits per heavy atom. The molecule has 6 heteroatoms. The van der Waals surface area contributed by atoms with Gasteiger partial charge in [-0.3, -0.25) is 9.29 Å². The number of hydrogen-bond acceptors (Lipinski definition) is 4. The van der Waals surface area contributed by atoms with E-state index < -0.39 is 10.0 Å². The number of aryl methyl sites for hydroxylation is 1. The lowest BCUT2D eigenvalue weighted by Gasteiger charge is -2.20. The molecule has 0 spiro atoms. The molecule has 0 amide bonds. The van der Waals surface area contributed by atoms with Gasteiger partial charge in [-0.15, -0.1) is 0 Å². The normalized spacial score (nSPS) is 11.3. The van der Waals surface area contributed by atoms with Crippen LogP contribution >= 0.6 is 0 Å². The number of benzene rings is 1. The van der Waals surface area contributed by atoms with Gasteiger partial charge in [0.15, 0.2) is 0 Å². The molecule has 100 valence electrons. The molecule has 1 aromatic carbocycles. The molecule has 2 N–H and O–H groups in total. The summed E-state index contributed by atoms with van der Waals surface area (Å²) < 4.78 is 26.1. The molecule has 0 radical (unpaired) electrons. The molecule has 1 heterocycles. The smallest absolute Gasteiger partial charge is 0.267 e. The van der Waals surface area contributed by atoms with Crippen molar-refractivity contribution in [1.82, 2.24) is 4.98 Å². The number of sulfonamides is 1. The molecule has 19 heavy (non-hydrogen) atoms. The van der Waals surface area contributed by atoms with Crippen molar-refractivity contribution in [1.29, 1.82) is 0 Å². The van der Waals surface area contributed by atoms with Crippen LogP contribution in [0.4, 0.5) is 11.4 Å². The highest BCUT2D eigenvalue weighted by Gasteiger charge is 2.23. The average Bonchev–Trinajstić information content (AvgIpc) is 2.38. The van der Waals surface area contributed by atoms with Gasteiger partial charge in [0.1, 0.15) is 4.90 Å². The number of pyridine rings is 1. The quantitative estimate of drug-likeness (QED) is 0.928. The molecule has 0 unspecified atom stereocenters. The van der Waals surface area contributed by atoms with Crippen LogP contribution in [0.25, 0.3) is 0 Å². The fourth-order valence-electron chi connectivity index (χ4n) is 1.72. The Balaban J connectivity index is 2.49. The number of nitrogen functional groups attached to an aromatic ring is 1. The van der Waals surface area contributed by atoms with E-state index in [-0.39, 0.29) is 10.6 Å². The second-order valence-corrected chi connectivity index (χ2v) is 6.16. The van der Waals surface area contributed by atoms with E-state index in [2.05, 4.69) is 4.98 Å². The molecule has 0 aliphatic heterocycles. The van der Waals surface area contributed by atoms with Gasteiger partial charge in [0, 0.05) is 19.4 Å². The zero-order valence-corrected chi connectivity index (χ0v) is 11.6. The van der Waals surface area contributed by atoms with Crippen LogP contribution < -0.4 is 10.0 Å². The third kappa shape index (κ3) is 2.53. The second-order valence-electron chi connectivity index (χ2n) is 4.23. The molecule has 0 fully saturated rings. The lowest BCUT2D eigenvalue weighted by atomic mass is 10.2. The highest BCUT2D eigenvalue weighted by atomic mass is 32.2. The van der Waals surface area contributed by atoms with Gasteiger partial charge >= 0.3 is 0 Å². The maximum atomic E-state index is 12.5. The molecule has 0 aliphatic rings. The summed E-state index contributed by atoms with van der Waals surface area (Å²) >= 11 is 0. The van der Waals surface area contributed by atoms with Gasteiger partial charge in [-0.25, -0.2) is 8.42 Å². The fourth-order valence-corrected chi connectivity index (χ4v) is 2.96. The highest BCUT2D eigenvalue weighted by molar-refractivity contribution is 7.93. The summed E-state index contributed by atoms with van der Waals surface area (Å²) in [6, 6.07) is 8.71. The van der Waals surface area contributed by atoms with Crippen molar-refractivity contribution >= 4 is 21.4 Å². The Hall–Kier alpha value is -2.08. The summed E-state index contributed by atoms with van der Waals surface area (Å²) in [7, 11) is -2.20. The van der Waals surface area contributed by atoms with Crippen LogP contribution in [0, 0.1) is 6.92 Å². The minimum Gasteiger partial charge on any atom is -0.398 e.